The summed E-state index contributed by atoms with van der Waals surface area (Å²) in [6, 6.07) is 12.5. The Bertz CT molecular complexity index is 832. The summed E-state index contributed by atoms with van der Waals surface area (Å²) in [4.78, 5) is 6.32. The smallest absolute Gasteiger partial charge is 0.136 e. The van der Waals surface area contributed by atoms with Gasteiger partial charge >= 0.3 is 0 Å². The maximum Gasteiger partial charge on any atom is 0.136 e. The lowest BCUT2D eigenvalue weighted by Crippen LogP contribution is -2.11. The second-order valence-electron chi connectivity index (χ2n) is 5.41. The molecular weight excluding hydrogens is 293 g/mol. The molecule has 4 nitrogen and oxygen atoms in total. The highest BCUT2D eigenvalue weighted by Crippen LogP contribution is 2.33. The lowest BCUT2D eigenvalue weighted by Gasteiger charge is -2.17. The number of benzene rings is 2. The summed E-state index contributed by atoms with van der Waals surface area (Å²) >= 11 is 0. The predicted octanol–water partition coefficient (Wildman–Crippen LogP) is 4.19. The van der Waals surface area contributed by atoms with Crippen molar-refractivity contribution in [3.05, 3.63) is 54.5 Å². The van der Waals surface area contributed by atoms with Gasteiger partial charge in [-0.25, -0.2) is 9.37 Å². The average Bonchev–Trinajstić information content (AvgIpc) is 2.55. The van der Waals surface area contributed by atoms with E-state index in [0.29, 0.717) is 11.1 Å². The van der Waals surface area contributed by atoms with Crippen LogP contribution in [-0.4, -0.2) is 26.2 Å². The molecule has 0 saturated carbocycles. The number of hydrogen-bond donors (Lipinski definition) is 1. The molecule has 0 unspecified atom stereocenters. The van der Waals surface area contributed by atoms with E-state index in [4.69, 9.17) is 4.74 Å². The zero-order valence-electron chi connectivity index (χ0n) is 13.3. The van der Waals surface area contributed by atoms with Gasteiger partial charge in [-0.05, 0) is 30.3 Å². The van der Waals surface area contributed by atoms with Gasteiger partial charge in [-0.1, -0.05) is 12.1 Å². The SMILES string of the molecule is COc1ccc(Nc2cnc(N(C)C)c3cccc(F)c23)cc1. The van der Waals surface area contributed by atoms with E-state index in [9.17, 15) is 4.39 Å². The maximum atomic E-state index is 14.4. The summed E-state index contributed by atoms with van der Waals surface area (Å²) in [5, 5.41) is 4.53. The van der Waals surface area contributed by atoms with E-state index in [2.05, 4.69) is 10.3 Å². The molecule has 0 bridgehead atoms. The number of ether oxygens (including phenoxy) is 1. The summed E-state index contributed by atoms with van der Waals surface area (Å²) in [6.07, 6.45) is 1.66. The minimum atomic E-state index is -0.274. The van der Waals surface area contributed by atoms with Gasteiger partial charge in [0.15, 0.2) is 0 Å². The Morgan fingerprint density at radius 2 is 1.83 bits per heavy atom. The minimum Gasteiger partial charge on any atom is -0.497 e. The normalized spacial score (nSPS) is 10.6. The van der Waals surface area contributed by atoms with Gasteiger partial charge in [0.2, 0.25) is 0 Å². The van der Waals surface area contributed by atoms with Crippen molar-refractivity contribution in [2.45, 2.75) is 0 Å². The van der Waals surface area contributed by atoms with Crippen LogP contribution in [-0.2, 0) is 0 Å². The van der Waals surface area contributed by atoms with Crippen LogP contribution < -0.4 is 15.0 Å². The fourth-order valence-corrected chi connectivity index (χ4v) is 2.52. The molecule has 0 saturated heterocycles. The summed E-state index contributed by atoms with van der Waals surface area (Å²) in [7, 11) is 5.40. The number of fused-ring (bicyclic) bond motifs is 1. The van der Waals surface area contributed by atoms with Crippen LogP contribution in [0.4, 0.5) is 21.6 Å². The Balaban J connectivity index is 2.08. The third-order valence-corrected chi connectivity index (χ3v) is 3.63. The molecule has 0 aliphatic heterocycles. The number of halogens is 1. The molecule has 1 N–H and O–H groups in total. The molecular formula is C18H18FN3O. The minimum absolute atomic E-state index is 0.274. The van der Waals surface area contributed by atoms with Crippen molar-refractivity contribution in [3.63, 3.8) is 0 Å². The Hall–Kier alpha value is -2.82. The Labute approximate surface area is 134 Å². The number of hydrogen-bond acceptors (Lipinski definition) is 4. The molecule has 0 atom stereocenters. The predicted molar refractivity (Wildman–Crippen MR) is 92.3 cm³/mol. The van der Waals surface area contributed by atoms with Gasteiger partial charge in [-0.2, -0.15) is 0 Å². The number of rotatable bonds is 4. The van der Waals surface area contributed by atoms with Crippen LogP contribution in [0.15, 0.2) is 48.7 Å². The molecule has 0 fully saturated rings. The van der Waals surface area contributed by atoms with Crippen LogP contribution in [0, 0.1) is 5.82 Å². The fraction of sp³-hybridized carbons (Fsp3) is 0.167. The highest BCUT2D eigenvalue weighted by molar-refractivity contribution is 6.01. The Morgan fingerprint density at radius 3 is 2.48 bits per heavy atom. The lowest BCUT2D eigenvalue weighted by atomic mass is 10.1. The maximum absolute atomic E-state index is 14.4. The molecule has 23 heavy (non-hydrogen) atoms. The standard InChI is InChI=1S/C18H18FN3O/c1-22(2)18-14-5-4-6-15(19)17(14)16(11-20-18)21-12-7-9-13(23-3)10-8-12/h4-11,21H,1-3H3. The van der Waals surface area contributed by atoms with Crippen LogP contribution in [0.5, 0.6) is 5.75 Å². The number of aromatic nitrogens is 1. The molecule has 0 amide bonds. The van der Waals surface area contributed by atoms with Crippen LogP contribution in [0.2, 0.25) is 0 Å². The fourth-order valence-electron chi connectivity index (χ4n) is 2.52. The summed E-state index contributed by atoms with van der Waals surface area (Å²) in [5.74, 6) is 1.23. The number of nitrogens with one attached hydrogen (secondary N) is 1. The van der Waals surface area contributed by atoms with E-state index >= 15 is 0 Å². The van der Waals surface area contributed by atoms with Crippen LogP contribution in [0.3, 0.4) is 0 Å². The van der Waals surface area contributed by atoms with E-state index in [0.717, 1.165) is 22.6 Å². The molecule has 1 heterocycles. The Kier molecular flexibility index (Phi) is 4.02. The molecule has 0 aliphatic rings. The summed E-state index contributed by atoms with van der Waals surface area (Å²) in [5.41, 5.74) is 1.48. The van der Waals surface area contributed by atoms with Gasteiger partial charge in [0.25, 0.3) is 0 Å². The topological polar surface area (TPSA) is 37.4 Å². The van der Waals surface area contributed by atoms with Gasteiger partial charge < -0.3 is 15.0 Å². The molecule has 0 spiro atoms. The van der Waals surface area contributed by atoms with Crippen molar-refractivity contribution in [2.24, 2.45) is 0 Å². The zero-order valence-corrected chi connectivity index (χ0v) is 13.3. The highest BCUT2D eigenvalue weighted by Gasteiger charge is 2.13. The molecule has 0 radical (unpaired) electrons. The Morgan fingerprint density at radius 1 is 1.09 bits per heavy atom. The first-order valence-corrected chi connectivity index (χ1v) is 7.26. The zero-order chi connectivity index (χ0) is 16.4. The van der Waals surface area contributed by atoms with Crippen LogP contribution in [0.1, 0.15) is 0 Å². The first-order chi connectivity index (χ1) is 11.1. The average molecular weight is 311 g/mol. The third kappa shape index (κ3) is 2.90. The molecule has 3 aromatic rings. The summed E-state index contributed by atoms with van der Waals surface area (Å²) in [6.45, 7) is 0. The molecule has 1 aromatic heterocycles. The number of anilines is 3. The molecule has 118 valence electrons. The second-order valence-corrected chi connectivity index (χ2v) is 5.41. The van der Waals surface area contributed by atoms with Crippen molar-refractivity contribution in [3.8, 4) is 5.75 Å². The van der Waals surface area contributed by atoms with Crippen molar-refractivity contribution >= 4 is 28.0 Å². The largest absolute Gasteiger partial charge is 0.497 e. The molecule has 5 heteroatoms. The monoisotopic (exact) mass is 311 g/mol. The molecule has 2 aromatic carbocycles. The van der Waals surface area contributed by atoms with Crippen LogP contribution in [0.25, 0.3) is 10.8 Å². The second kappa shape index (κ2) is 6.12. The quantitative estimate of drug-likeness (QED) is 0.784. The highest BCUT2D eigenvalue weighted by atomic mass is 19.1. The number of methoxy groups -OCH3 is 1. The first-order valence-electron chi connectivity index (χ1n) is 7.26. The van der Waals surface area contributed by atoms with Crippen molar-refractivity contribution in [2.75, 3.05) is 31.4 Å². The van der Waals surface area contributed by atoms with Crippen molar-refractivity contribution in [1.29, 1.82) is 0 Å². The first kappa shape index (κ1) is 15.1. The van der Waals surface area contributed by atoms with E-state index in [1.54, 1.807) is 19.4 Å². The molecule has 0 aliphatic carbocycles. The van der Waals surface area contributed by atoms with E-state index in [1.807, 2.05) is 49.3 Å². The van der Waals surface area contributed by atoms with Gasteiger partial charge in [0, 0.05) is 30.6 Å². The lowest BCUT2D eigenvalue weighted by molar-refractivity contribution is 0.415. The number of nitrogens with zero attached hydrogens (tertiary/aromatic N) is 2. The van der Waals surface area contributed by atoms with E-state index in [1.165, 1.54) is 6.07 Å². The number of pyridine rings is 1. The van der Waals surface area contributed by atoms with Gasteiger partial charge in [-0.15, -0.1) is 0 Å². The van der Waals surface area contributed by atoms with Gasteiger partial charge in [-0.3, -0.25) is 0 Å². The third-order valence-electron chi connectivity index (χ3n) is 3.63. The van der Waals surface area contributed by atoms with E-state index in [-0.39, 0.29) is 5.82 Å². The van der Waals surface area contributed by atoms with Gasteiger partial charge in [0.05, 0.1) is 19.0 Å². The van der Waals surface area contributed by atoms with Crippen LogP contribution >= 0.6 is 0 Å². The van der Waals surface area contributed by atoms with Crippen molar-refractivity contribution < 1.29 is 9.13 Å². The van der Waals surface area contributed by atoms with Gasteiger partial charge in [0.1, 0.15) is 17.4 Å². The van der Waals surface area contributed by atoms with Crippen molar-refractivity contribution in [1.82, 2.24) is 4.98 Å². The molecule has 3 rings (SSSR count). The summed E-state index contributed by atoms with van der Waals surface area (Å²) < 4.78 is 19.6. The van der Waals surface area contributed by atoms with E-state index < -0.39 is 0 Å².